The van der Waals surface area contributed by atoms with Crippen LogP contribution in [0.15, 0.2) is 44.7 Å². The second kappa shape index (κ2) is 6.33. The van der Waals surface area contributed by atoms with Crippen molar-refractivity contribution in [1.29, 1.82) is 0 Å². The van der Waals surface area contributed by atoms with Gasteiger partial charge in [-0.25, -0.2) is 8.42 Å². The van der Waals surface area contributed by atoms with Crippen molar-refractivity contribution in [3.8, 4) is 0 Å². The van der Waals surface area contributed by atoms with Gasteiger partial charge in [0.25, 0.3) is 10.0 Å². The van der Waals surface area contributed by atoms with Crippen LogP contribution in [0.3, 0.4) is 0 Å². The maximum atomic E-state index is 12.5. The fraction of sp³-hybridized carbons (Fsp3) is 0.333. The summed E-state index contributed by atoms with van der Waals surface area (Å²) in [6.07, 6.45) is 3.07. The summed E-state index contributed by atoms with van der Waals surface area (Å²) in [6.45, 7) is 0.935. The van der Waals surface area contributed by atoms with Crippen LogP contribution in [-0.4, -0.2) is 33.0 Å². The summed E-state index contributed by atoms with van der Waals surface area (Å²) in [5.41, 5.74) is 0.816. The van der Waals surface area contributed by atoms with E-state index in [9.17, 15) is 8.42 Å². The van der Waals surface area contributed by atoms with Gasteiger partial charge in [0.2, 0.25) is 0 Å². The van der Waals surface area contributed by atoms with E-state index in [1.165, 1.54) is 21.9 Å². The summed E-state index contributed by atoms with van der Waals surface area (Å²) in [7, 11) is -1.93. The molecule has 0 spiro atoms. The number of rotatable bonds is 7. The zero-order chi connectivity index (χ0) is 13.7. The van der Waals surface area contributed by atoms with Gasteiger partial charge in [-0.2, -0.15) is 4.31 Å². The van der Waals surface area contributed by atoms with Gasteiger partial charge in [-0.05, 0) is 17.5 Å². The van der Waals surface area contributed by atoms with Crippen molar-refractivity contribution in [3.05, 3.63) is 41.7 Å². The molecule has 2 aromatic heterocycles. The van der Waals surface area contributed by atoms with Crippen molar-refractivity contribution in [1.82, 2.24) is 4.31 Å². The van der Waals surface area contributed by atoms with Gasteiger partial charge in [0, 0.05) is 25.8 Å². The minimum absolute atomic E-state index is 0.278. The molecule has 0 amide bonds. The monoisotopic (exact) mass is 301 g/mol. The van der Waals surface area contributed by atoms with Crippen molar-refractivity contribution >= 4 is 21.4 Å². The van der Waals surface area contributed by atoms with Gasteiger partial charge < -0.3 is 9.15 Å². The number of methoxy groups -OCH3 is 1. The second-order valence-electron chi connectivity index (χ2n) is 3.90. The van der Waals surface area contributed by atoms with Crippen molar-refractivity contribution in [2.45, 2.75) is 10.8 Å². The molecule has 104 valence electrons. The molecule has 2 rings (SSSR count). The van der Waals surface area contributed by atoms with E-state index in [1.807, 2.05) is 0 Å². The highest BCUT2D eigenvalue weighted by Gasteiger charge is 2.25. The molecule has 19 heavy (non-hydrogen) atoms. The van der Waals surface area contributed by atoms with Gasteiger partial charge in [0.05, 0.1) is 19.1 Å². The smallest absolute Gasteiger partial charge is 0.252 e. The molecule has 0 unspecified atom stereocenters. The summed E-state index contributed by atoms with van der Waals surface area (Å²) < 4.78 is 36.6. The van der Waals surface area contributed by atoms with E-state index >= 15 is 0 Å². The largest absolute Gasteiger partial charge is 0.472 e. The number of furan rings is 1. The Bertz CT molecular complexity index is 575. The highest BCUT2D eigenvalue weighted by atomic mass is 32.2. The lowest BCUT2D eigenvalue weighted by Gasteiger charge is -2.20. The van der Waals surface area contributed by atoms with Gasteiger partial charge >= 0.3 is 0 Å². The van der Waals surface area contributed by atoms with Crippen molar-refractivity contribution < 1.29 is 17.6 Å². The van der Waals surface area contributed by atoms with E-state index in [0.29, 0.717) is 17.4 Å². The first kappa shape index (κ1) is 14.3. The lowest BCUT2D eigenvalue weighted by molar-refractivity contribution is 0.177. The molecule has 0 fully saturated rings. The minimum Gasteiger partial charge on any atom is -0.472 e. The highest BCUT2D eigenvalue weighted by molar-refractivity contribution is 7.91. The molecule has 2 aromatic rings. The maximum absolute atomic E-state index is 12.5. The van der Waals surface area contributed by atoms with Crippen LogP contribution in [-0.2, 0) is 21.3 Å². The first-order valence-corrected chi connectivity index (χ1v) is 8.00. The molecular formula is C12H15NO4S2. The minimum atomic E-state index is -3.48. The number of sulfonamides is 1. The Kier molecular flexibility index (Phi) is 4.76. The molecule has 0 saturated heterocycles. The molecule has 0 aliphatic carbocycles. The first-order valence-electron chi connectivity index (χ1n) is 5.68. The Balaban J connectivity index is 2.22. The number of nitrogens with zero attached hydrogens (tertiary/aromatic N) is 1. The SMILES string of the molecule is COCCN(Cc1ccoc1)S(=O)(=O)c1cccs1. The number of ether oxygens (including phenoxy) is 1. The summed E-state index contributed by atoms with van der Waals surface area (Å²) in [6, 6.07) is 5.09. The van der Waals surface area contributed by atoms with Crippen LogP contribution in [0.25, 0.3) is 0 Å². The second-order valence-corrected chi connectivity index (χ2v) is 7.01. The predicted octanol–water partition coefficient (Wildman–Crippen LogP) is 2.18. The van der Waals surface area contributed by atoms with Crippen LogP contribution >= 0.6 is 11.3 Å². The van der Waals surface area contributed by atoms with Crippen LogP contribution in [0.2, 0.25) is 0 Å². The van der Waals surface area contributed by atoms with E-state index in [1.54, 1.807) is 37.0 Å². The fourth-order valence-corrected chi connectivity index (χ4v) is 4.16. The van der Waals surface area contributed by atoms with Crippen LogP contribution in [0.1, 0.15) is 5.56 Å². The number of thiophene rings is 1. The average molecular weight is 301 g/mol. The molecule has 7 heteroatoms. The van der Waals surface area contributed by atoms with E-state index < -0.39 is 10.0 Å². The Morgan fingerprint density at radius 3 is 2.84 bits per heavy atom. The van der Waals surface area contributed by atoms with Gasteiger partial charge in [-0.1, -0.05) is 6.07 Å². The van der Waals surface area contributed by atoms with Crippen LogP contribution < -0.4 is 0 Å². The molecule has 0 saturated carbocycles. The summed E-state index contributed by atoms with van der Waals surface area (Å²) in [5.74, 6) is 0. The van der Waals surface area contributed by atoms with Gasteiger partial charge in [0.15, 0.2) is 0 Å². The van der Waals surface area contributed by atoms with Crippen molar-refractivity contribution in [2.75, 3.05) is 20.3 Å². The maximum Gasteiger partial charge on any atom is 0.252 e. The third-order valence-electron chi connectivity index (χ3n) is 2.57. The molecule has 0 aromatic carbocycles. The molecule has 0 bridgehead atoms. The Labute approximate surface area is 116 Å². The van der Waals surface area contributed by atoms with E-state index in [2.05, 4.69) is 0 Å². The standard InChI is InChI=1S/C12H15NO4S2/c1-16-7-5-13(9-11-4-6-17-10-11)19(14,15)12-3-2-8-18-12/h2-4,6,8,10H,5,7,9H2,1H3. The van der Waals surface area contributed by atoms with Crippen molar-refractivity contribution in [3.63, 3.8) is 0 Å². The third-order valence-corrected chi connectivity index (χ3v) is 5.79. The Morgan fingerprint density at radius 2 is 2.26 bits per heavy atom. The van der Waals surface area contributed by atoms with Crippen LogP contribution in [0.4, 0.5) is 0 Å². The van der Waals surface area contributed by atoms with Gasteiger partial charge in [-0.15, -0.1) is 11.3 Å². The lowest BCUT2D eigenvalue weighted by atomic mass is 10.3. The Hall–Kier alpha value is -1.15. The zero-order valence-corrected chi connectivity index (χ0v) is 12.1. The quantitative estimate of drug-likeness (QED) is 0.786. The van der Waals surface area contributed by atoms with Gasteiger partial charge in [-0.3, -0.25) is 0 Å². The predicted molar refractivity (Wildman–Crippen MR) is 72.5 cm³/mol. The number of hydrogen-bond donors (Lipinski definition) is 0. The molecule has 0 radical (unpaired) electrons. The number of hydrogen-bond acceptors (Lipinski definition) is 5. The fourth-order valence-electron chi connectivity index (χ4n) is 1.60. The average Bonchev–Trinajstić information content (AvgIpc) is 3.06. The zero-order valence-electron chi connectivity index (χ0n) is 10.5. The summed E-state index contributed by atoms with van der Waals surface area (Å²) in [5, 5.41) is 1.75. The van der Waals surface area contributed by atoms with E-state index in [0.717, 1.165) is 5.56 Å². The molecule has 0 atom stereocenters. The molecule has 0 N–H and O–H groups in total. The lowest BCUT2D eigenvalue weighted by Crippen LogP contribution is -2.32. The molecular weight excluding hydrogens is 286 g/mol. The Morgan fingerprint density at radius 1 is 1.42 bits per heavy atom. The topological polar surface area (TPSA) is 59.8 Å². The summed E-state index contributed by atoms with van der Waals surface area (Å²) in [4.78, 5) is 0. The normalized spacial score (nSPS) is 12.1. The molecule has 5 nitrogen and oxygen atoms in total. The molecule has 0 aliphatic heterocycles. The third kappa shape index (κ3) is 3.44. The van der Waals surface area contributed by atoms with Crippen LogP contribution in [0.5, 0.6) is 0 Å². The van der Waals surface area contributed by atoms with Gasteiger partial charge in [0.1, 0.15) is 4.21 Å². The highest BCUT2D eigenvalue weighted by Crippen LogP contribution is 2.22. The van der Waals surface area contributed by atoms with E-state index in [4.69, 9.17) is 9.15 Å². The summed E-state index contributed by atoms with van der Waals surface area (Å²) >= 11 is 1.21. The molecule has 0 aliphatic rings. The van der Waals surface area contributed by atoms with E-state index in [-0.39, 0.29) is 6.54 Å². The van der Waals surface area contributed by atoms with Crippen LogP contribution in [0, 0.1) is 0 Å². The first-order chi connectivity index (χ1) is 9.14. The van der Waals surface area contributed by atoms with Crippen molar-refractivity contribution in [2.24, 2.45) is 0 Å². The molecule has 2 heterocycles.